The van der Waals surface area contributed by atoms with Gasteiger partial charge >= 0.3 is 0 Å². The van der Waals surface area contributed by atoms with Gasteiger partial charge in [0, 0.05) is 19.0 Å². The van der Waals surface area contributed by atoms with E-state index in [1.54, 1.807) is 6.07 Å². The predicted molar refractivity (Wildman–Crippen MR) is 64.7 cm³/mol. The van der Waals surface area contributed by atoms with E-state index in [1.165, 1.54) is 6.07 Å². The molecule has 3 N–H and O–H groups in total. The lowest BCUT2D eigenvalue weighted by Crippen LogP contribution is -2.26. The molecule has 3 heterocycles. The van der Waals surface area contributed by atoms with Crippen LogP contribution in [0.3, 0.4) is 0 Å². The summed E-state index contributed by atoms with van der Waals surface area (Å²) in [5, 5.41) is 14.7. The lowest BCUT2D eigenvalue weighted by molar-refractivity contribution is 0.391. The quantitative estimate of drug-likeness (QED) is 0.747. The molecule has 3 rings (SSSR count). The van der Waals surface area contributed by atoms with Crippen LogP contribution in [0.15, 0.2) is 16.9 Å². The van der Waals surface area contributed by atoms with Crippen LogP contribution in [0.5, 0.6) is 0 Å². The van der Waals surface area contributed by atoms with E-state index in [0.717, 1.165) is 25.2 Å². The number of aromatic amines is 1. The highest BCUT2D eigenvalue weighted by Crippen LogP contribution is 2.23. The molecule has 0 fully saturated rings. The van der Waals surface area contributed by atoms with Crippen LogP contribution in [0.1, 0.15) is 12.2 Å². The third-order valence-electron chi connectivity index (χ3n) is 3.30. The number of H-pyrrole nitrogens is 1. The van der Waals surface area contributed by atoms with Crippen molar-refractivity contribution >= 4 is 0 Å². The van der Waals surface area contributed by atoms with E-state index in [-0.39, 0.29) is 5.56 Å². The Balaban J connectivity index is 1.98. The summed E-state index contributed by atoms with van der Waals surface area (Å²) >= 11 is 0. The smallest absolute Gasteiger partial charge is 0.264 e. The first-order valence-electron chi connectivity index (χ1n) is 5.96. The number of fused-ring (bicyclic) bond motifs is 1. The monoisotopic (exact) mass is 246 g/mol. The summed E-state index contributed by atoms with van der Waals surface area (Å²) in [6, 6.07) is 3.10. The Kier molecular flexibility index (Phi) is 2.67. The van der Waals surface area contributed by atoms with Gasteiger partial charge in [-0.05, 0) is 24.9 Å². The first kappa shape index (κ1) is 11.1. The van der Waals surface area contributed by atoms with Crippen molar-refractivity contribution in [1.29, 1.82) is 0 Å². The number of hydrogen-bond acceptors (Lipinski definition) is 5. The third kappa shape index (κ3) is 1.82. The van der Waals surface area contributed by atoms with E-state index in [2.05, 4.69) is 20.4 Å². The Bertz CT molecular complexity index is 596. The molecular weight excluding hydrogens is 232 g/mol. The van der Waals surface area contributed by atoms with Crippen LogP contribution in [0.4, 0.5) is 0 Å². The number of nitrogens with zero attached hydrogens (tertiary/aromatic N) is 4. The summed E-state index contributed by atoms with van der Waals surface area (Å²) in [7, 11) is 0. The van der Waals surface area contributed by atoms with Gasteiger partial charge in [0.1, 0.15) is 11.5 Å². The Hall–Kier alpha value is -2.02. The van der Waals surface area contributed by atoms with Crippen molar-refractivity contribution in [1.82, 2.24) is 25.0 Å². The molecule has 0 bridgehead atoms. The molecule has 2 aromatic heterocycles. The van der Waals surface area contributed by atoms with Gasteiger partial charge in [-0.1, -0.05) is 0 Å². The van der Waals surface area contributed by atoms with Gasteiger partial charge in [0.15, 0.2) is 5.82 Å². The van der Waals surface area contributed by atoms with Crippen LogP contribution in [-0.4, -0.2) is 31.5 Å². The van der Waals surface area contributed by atoms with Crippen molar-refractivity contribution in [2.24, 2.45) is 11.7 Å². The molecule has 1 atom stereocenters. The fraction of sp³-hybridized carbons (Fsp3) is 0.455. The molecule has 0 saturated heterocycles. The molecule has 2 aromatic rings. The fourth-order valence-electron chi connectivity index (χ4n) is 2.25. The zero-order valence-corrected chi connectivity index (χ0v) is 9.83. The largest absolute Gasteiger partial charge is 0.330 e. The van der Waals surface area contributed by atoms with Crippen molar-refractivity contribution in [2.45, 2.75) is 19.4 Å². The minimum Gasteiger partial charge on any atom is -0.330 e. The minimum absolute atomic E-state index is 0.222. The molecule has 7 nitrogen and oxygen atoms in total. The standard InChI is InChI=1S/C11H14N6O/c12-6-7-3-4-17-9(5-7)14-16-11(17)8-1-2-10(18)15-13-8/h1-2,7H,3-6,12H2,(H,15,18). The molecule has 0 amide bonds. The van der Waals surface area contributed by atoms with Crippen molar-refractivity contribution in [3.63, 3.8) is 0 Å². The van der Waals surface area contributed by atoms with Gasteiger partial charge in [0.2, 0.25) is 0 Å². The molecule has 1 aliphatic heterocycles. The first-order valence-corrected chi connectivity index (χ1v) is 5.96. The zero-order chi connectivity index (χ0) is 12.5. The molecule has 7 heteroatoms. The van der Waals surface area contributed by atoms with Crippen LogP contribution >= 0.6 is 0 Å². The second-order valence-electron chi connectivity index (χ2n) is 4.49. The van der Waals surface area contributed by atoms with E-state index in [4.69, 9.17) is 5.73 Å². The second kappa shape index (κ2) is 4.34. The van der Waals surface area contributed by atoms with E-state index in [1.807, 2.05) is 4.57 Å². The SMILES string of the molecule is NCC1CCn2c(nnc2-c2ccc(=O)[nH]n2)C1. The number of nitrogens with one attached hydrogen (secondary N) is 1. The number of aromatic nitrogens is 5. The zero-order valence-electron chi connectivity index (χ0n) is 9.83. The maximum Gasteiger partial charge on any atom is 0.264 e. The summed E-state index contributed by atoms with van der Waals surface area (Å²) in [6.07, 6.45) is 1.88. The van der Waals surface area contributed by atoms with Crippen molar-refractivity contribution in [3.05, 3.63) is 28.3 Å². The summed E-state index contributed by atoms with van der Waals surface area (Å²) in [5.74, 6) is 2.13. The molecule has 0 aliphatic carbocycles. The molecule has 0 aromatic carbocycles. The Morgan fingerprint density at radius 1 is 1.44 bits per heavy atom. The Morgan fingerprint density at radius 2 is 2.33 bits per heavy atom. The average molecular weight is 246 g/mol. The van der Waals surface area contributed by atoms with E-state index < -0.39 is 0 Å². The maximum atomic E-state index is 11.0. The lowest BCUT2D eigenvalue weighted by Gasteiger charge is -2.21. The number of hydrogen-bond donors (Lipinski definition) is 2. The number of rotatable bonds is 2. The average Bonchev–Trinajstić information content (AvgIpc) is 2.82. The maximum absolute atomic E-state index is 11.0. The van der Waals surface area contributed by atoms with Crippen molar-refractivity contribution < 1.29 is 0 Å². The Labute approximate surface area is 103 Å². The van der Waals surface area contributed by atoms with E-state index in [0.29, 0.717) is 24.0 Å². The molecule has 0 saturated carbocycles. The minimum atomic E-state index is -0.222. The predicted octanol–water partition coefficient (Wildman–Crippen LogP) is -0.451. The summed E-state index contributed by atoms with van der Waals surface area (Å²) in [6.45, 7) is 1.53. The summed E-state index contributed by atoms with van der Waals surface area (Å²) in [5.41, 5.74) is 6.10. The van der Waals surface area contributed by atoms with Crippen LogP contribution in [0.25, 0.3) is 11.5 Å². The fourth-order valence-corrected chi connectivity index (χ4v) is 2.25. The molecule has 0 radical (unpaired) electrons. The summed E-state index contributed by atoms with van der Waals surface area (Å²) in [4.78, 5) is 11.0. The second-order valence-corrected chi connectivity index (χ2v) is 4.49. The molecule has 94 valence electrons. The third-order valence-corrected chi connectivity index (χ3v) is 3.30. The van der Waals surface area contributed by atoms with Crippen LogP contribution in [-0.2, 0) is 13.0 Å². The normalized spacial score (nSPS) is 18.6. The molecular formula is C11H14N6O. The van der Waals surface area contributed by atoms with Crippen LogP contribution < -0.4 is 11.3 Å². The van der Waals surface area contributed by atoms with E-state index >= 15 is 0 Å². The van der Waals surface area contributed by atoms with Gasteiger partial charge < -0.3 is 10.3 Å². The van der Waals surface area contributed by atoms with Gasteiger partial charge in [-0.25, -0.2) is 5.10 Å². The van der Waals surface area contributed by atoms with Crippen LogP contribution in [0.2, 0.25) is 0 Å². The van der Waals surface area contributed by atoms with Gasteiger partial charge in [-0.3, -0.25) is 4.79 Å². The first-order chi connectivity index (χ1) is 8.78. The molecule has 1 aliphatic rings. The van der Waals surface area contributed by atoms with Crippen molar-refractivity contribution in [3.8, 4) is 11.5 Å². The van der Waals surface area contributed by atoms with Gasteiger partial charge in [0.25, 0.3) is 5.56 Å². The van der Waals surface area contributed by atoms with Gasteiger partial charge in [-0.15, -0.1) is 10.2 Å². The topological polar surface area (TPSA) is 102 Å². The van der Waals surface area contributed by atoms with Crippen LogP contribution in [0, 0.1) is 5.92 Å². The van der Waals surface area contributed by atoms with Crippen molar-refractivity contribution in [2.75, 3.05) is 6.54 Å². The highest BCUT2D eigenvalue weighted by atomic mass is 16.1. The van der Waals surface area contributed by atoms with E-state index in [9.17, 15) is 4.79 Å². The van der Waals surface area contributed by atoms with Gasteiger partial charge in [-0.2, -0.15) is 5.10 Å². The highest BCUT2D eigenvalue weighted by Gasteiger charge is 2.23. The highest BCUT2D eigenvalue weighted by molar-refractivity contribution is 5.48. The lowest BCUT2D eigenvalue weighted by atomic mass is 9.98. The number of nitrogens with two attached hydrogens (primary N) is 1. The molecule has 18 heavy (non-hydrogen) atoms. The van der Waals surface area contributed by atoms with Gasteiger partial charge in [0.05, 0.1) is 0 Å². The molecule has 0 spiro atoms. The molecule has 1 unspecified atom stereocenters. The Morgan fingerprint density at radius 3 is 3.06 bits per heavy atom. The summed E-state index contributed by atoms with van der Waals surface area (Å²) < 4.78 is 2.05.